The van der Waals surface area contributed by atoms with Gasteiger partial charge in [-0.25, -0.2) is 0 Å². The van der Waals surface area contributed by atoms with Gasteiger partial charge in [-0.15, -0.1) is 0 Å². The summed E-state index contributed by atoms with van der Waals surface area (Å²) < 4.78 is 5.81. The first-order valence-electron chi connectivity index (χ1n) is 7.74. The molecule has 0 spiro atoms. The molecule has 0 aromatic heterocycles. The summed E-state index contributed by atoms with van der Waals surface area (Å²) in [4.78, 5) is 0. The van der Waals surface area contributed by atoms with Gasteiger partial charge in [-0.3, -0.25) is 0 Å². The number of hydrogen-bond acceptors (Lipinski definition) is 2. The third-order valence-electron chi connectivity index (χ3n) is 4.19. The third-order valence-corrected chi connectivity index (χ3v) is 4.19. The number of para-hydroxylation sites is 1. The number of hydrogen-bond donors (Lipinski definition) is 1. The summed E-state index contributed by atoms with van der Waals surface area (Å²) in [6, 6.07) is 17.5. The number of aryl methyl sites for hydroxylation is 1. The van der Waals surface area contributed by atoms with Crippen molar-refractivity contribution in [2.45, 2.75) is 26.3 Å². The number of benzene rings is 2. The molecule has 2 unspecified atom stereocenters. The number of rotatable bonds is 4. The van der Waals surface area contributed by atoms with E-state index in [9.17, 15) is 0 Å². The summed E-state index contributed by atoms with van der Waals surface area (Å²) >= 11 is 0. The van der Waals surface area contributed by atoms with E-state index in [1.165, 1.54) is 16.7 Å². The highest BCUT2D eigenvalue weighted by Crippen LogP contribution is 2.34. The zero-order chi connectivity index (χ0) is 14.7. The van der Waals surface area contributed by atoms with Crippen LogP contribution in [0.2, 0.25) is 0 Å². The Morgan fingerprint density at radius 3 is 2.86 bits per heavy atom. The molecule has 1 N–H and O–H groups in total. The number of fused-ring (bicyclic) bond motifs is 1. The van der Waals surface area contributed by atoms with Crippen LogP contribution in [-0.4, -0.2) is 13.2 Å². The van der Waals surface area contributed by atoms with Gasteiger partial charge in [0.15, 0.2) is 0 Å². The van der Waals surface area contributed by atoms with Gasteiger partial charge in [0.2, 0.25) is 0 Å². The van der Waals surface area contributed by atoms with E-state index in [1.807, 2.05) is 6.07 Å². The first kappa shape index (κ1) is 14.2. The summed E-state index contributed by atoms with van der Waals surface area (Å²) in [5.41, 5.74) is 4.02. The maximum atomic E-state index is 5.81. The molecule has 0 aliphatic carbocycles. The maximum Gasteiger partial charge on any atom is 0.124 e. The lowest BCUT2D eigenvalue weighted by molar-refractivity contribution is 0.189. The van der Waals surface area contributed by atoms with Crippen LogP contribution in [0.25, 0.3) is 0 Å². The van der Waals surface area contributed by atoms with Crippen molar-refractivity contribution in [2.24, 2.45) is 5.92 Å². The molecule has 0 radical (unpaired) electrons. The molecule has 1 aliphatic heterocycles. The lowest BCUT2D eigenvalue weighted by atomic mass is 9.92. The van der Waals surface area contributed by atoms with E-state index in [-0.39, 0.29) is 0 Å². The minimum absolute atomic E-state index is 0.389. The van der Waals surface area contributed by atoms with Crippen molar-refractivity contribution < 1.29 is 4.74 Å². The van der Waals surface area contributed by atoms with Crippen LogP contribution in [-0.2, 0) is 6.42 Å². The monoisotopic (exact) mass is 281 g/mol. The molecule has 2 aromatic carbocycles. The summed E-state index contributed by atoms with van der Waals surface area (Å²) in [5.74, 6) is 1.53. The largest absolute Gasteiger partial charge is 0.493 e. The van der Waals surface area contributed by atoms with Crippen LogP contribution in [0.1, 0.15) is 29.7 Å². The fraction of sp³-hybridized carbons (Fsp3) is 0.368. The molecule has 2 heteroatoms. The average molecular weight is 281 g/mol. The molecule has 1 heterocycles. The van der Waals surface area contributed by atoms with Crippen LogP contribution in [0.3, 0.4) is 0 Å². The molecule has 2 atom stereocenters. The van der Waals surface area contributed by atoms with Gasteiger partial charge in [-0.05, 0) is 31.5 Å². The summed E-state index contributed by atoms with van der Waals surface area (Å²) in [5, 5.41) is 3.72. The maximum absolute atomic E-state index is 5.81. The summed E-state index contributed by atoms with van der Waals surface area (Å²) in [6.07, 6.45) is 1.06. The minimum Gasteiger partial charge on any atom is -0.493 e. The van der Waals surface area contributed by atoms with Crippen LogP contribution in [0.5, 0.6) is 5.75 Å². The molecular formula is C19H23NO. The Labute approximate surface area is 127 Å². The normalized spacial score (nSPS) is 20.7. The Hall–Kier alpha value is -1.80. The number of ether oxygens (including phenoxy) is 1. The van der Waals surface area contributed by atoms with Crippen molar-refractivity contribution in [3.63, 3.8) is 0 Å². The standard InChI is InChI=1S/C19H23NO/c1-14-6-5-7-16(12-14)10-11-20-19-15(2)13-21-18-9-4-3-8-17(18)19/h3-9,12,15,19-20H,10-11,13H2,1-2H3. The smallest absolute Gasteiger partial charge is 0.124 e. The summed E-state index contributed by atoms with van der Waals surface area (Å²) in [6.45, 7) is 6.18. The first-order chi connectivity index (χ1) is 10.2. The second-order valence-corrected chi connectivity index (χ2v) is 6.00. The van der Waals surface area contributed by atoms with E-state index in [1.54, 1.807) is 0 Å². The van der Waals surface area contributed by atoms with E-state index in [2.05, 4.69) is 61.6 Å². The van der Waals surface area contributed by atoms with Gasteiger partial charge in [0, 0.05) is 17.5 Å². The molecule has 110 valence electrons. The van der Waals surface area contributed by atoms with E-state index in [0.717, 1.165) is 25.3 Å². The first-order valence-corrected chi connectivity index (χ1v) is 7.74. The van der Waals surface area contributed by atoms with Crippen molar-refractivity contribution in [1.82, 2.24) is 5.32 Å². The zero-order valence-corrected chi connectivity index (χ0v) is 12.8. The van der Waals surface area contributed by atoms with Crippen LogP contribution < -0.4 is 10.1 Å². The Morgan fingerprint density at radius 1 is 1.14 bits per heavy atom. The highest BCUT2D eigenvalue weighted by Gasteiger charge is 2.26. The van der Waals surface area contributed by atoms with Gasteiger partial charge in [0.05, 0.1) is 6.61 Å². The zero-order valence-electron chi connectivity index (χ0n) is 12.8. The molecule has 0 saturated carbocycles. The van der Waals surface area contributed by atoms with Crippen molar-refractivity contribution in [1.29, 1.82) is 0 Å². The van der Waals surface area contributed by atoms with E-state index >= 15 is 0 Å². The molecule has 0 bridgehead atoms. The predicted molar refractivity (Wildman–Crippen MR) is 86.7 cm³/mol. The Morgan fingerprint density at radius 2 is 2.00 bits per heavy atom. The van der Waals surface area contributed by atoms with E-state index < -0.39 is 0 Å². The van der Waals surface area contributed by atoms with Crippen LogP contribution >= 0.6 is 0 Å². The molecule has 21 heavy (non-hydrogen) atoms. The van der Waals surface area contributed by atoms with Crippen molar-refractivity contribution in [3.05, 3.63) is 65.2 Å². The molecule has 3 rings (SSSR count). The Balaban J connectivity index is 1.65. The molecule has 2 aromatic rings. The van der Waals surface area contributed by atoms with Crippen LogP contribution in [0.15, 0.2) is 48.5 Å². The minimum atomic E-state index is 0.389. The van der Waals surface area contributed by atoms with Crippen LogP contribution in [0, 0.1) is 12.8 Å². The average Bonchev–Trinajstić information content (AvgIpc) is 2.50. The molecule has 0 amide bonds. The molecule has 0 fully saturated rings. The lowest BCUT2D eigenvalue weighted by Crippen LogP contribution is -2.35. The lowest BCUT2D eigenvalue weighted by Gasteiger charge is -2.32. The SMILES string of the molecule is Cc1cccc(CCNC2c3ccccc3OCC2C)c1. The topological polar surface area (TPSA) is 21.3 Å². The van der Waals surface area contributed by atoms with Gasteiger partial charge in [0.25, 0.3) is 0 Å². The van der Waals surface area contributed by atoms with Gasteiger partial charge in [-0.1, -0.05) is 55.0 Å². The second-order valence-electron chi connectivity index (χ2n) is 6.00. The molecule has 2 nitrogen and oxygen atoms in total. The molecule has 1 aliphatic rings. The highest BCUT2D eigenvalue weighted by atomic mass is 16.5. The number of nitrogens with one attached hydrogen (secondary N) is 1. The van der Waals surface area contributed by atoms with Crippen molar-refractivity contribution >= 4 is 0 Å². The molecular weight excluding hydrogens is 258 g/mol. The Bertz CT molecular complexity index is 608. The Kier molecular flexibility index (Phi) is 4.26. The highest BCUT2D eigenvalue weighted by molar-refractivity contribution is 5.38. The van der Waals surface area contributed by atoms with Crippen molar-refractivity contribution in [3.8, 4) is 5.75 Å². The fourth-order valence-electron chi connectivity index (χ4n) is 3.04. The summed E-state index contributed by atoms with van der Waals surface area (Å²) in [7, 11) is 0. The van der Waals surface area contributed by atoms with Gasteiger partial charge in [-0.2, -0.15) is 0 Å². The van der Waals surface area contributed by atoms with Crippen molar-refractivity contribution in [2.75, 3.05) is 13.2 Å². The van der Waals surface area contributed by atoms with Gasteiger partial charge < -0.3 is 10.1 Å². The second kappa shape index (κ2) is 6.31. The third kappa shape index (κ3) is 3.27. The fourth-order valence-corrected chi connectivity index (χ4v) is 3.04. The predicted octanol–water partition coefficient (Wildman–Crippen LogP) is 3.90. The van der Waals surface area contributed by atoms with Crippen LogP contribution in [0.4, 0.5) is 0 Å². The molecule has 0 saturated heterocycles. The van der Waals surface area contributed by atoms with E-state index in [0.29, 0.717) is 12.0 Å². The quantitative estimate of drug-likeness (QED) is 0.918. The van der Waals surface area contributed by atoms with Gasteiger partial charge in [0.1, 0.15) is 5.75 Å². The van der Waals surface area contributed by atoms with E-state index in [4.69, 9.17) is 4.74 Å². The van der Waals surface area contributed by atoms with Gasteiger partial charge >= 0.3 is 0 Å².